The smallest absolute Gasteiger partial charge is 0.0714 e. The Morgan fingerprint density at radius 2 is 0.943 bits per heavy atom. The molecule has 9 aromatic carbocycles. The molecule has 1 aliphatic carbocycles. The van der Waals surface area contributed by atoms with Crippen LogP contribution in [0.5, 0.6) is 0 Å². The lowest BCUT2D eigenvalue weighted by molar-refractivity contribution is 0.772. The lowest BCUT2D eigenvalue weighted by Crippen LogP contribution is -2.28. The third kappa shape index (κ3) is 4.49. The van der Waals surface area contributed by atoms with Gasteiger partial charge in [0.15, 0.2) is 0 Å². The molecular weight excluding hydrogens is 659 g/mol. The number of hydrogen-bond donors (Lipinski definition) is 0. The zero-order valence-electron chi connectivity index (χ0n) is 28.9. The van der Waals surface area contributed by atoms with Crippen molar-refractivity contribution in [3.8, 4) is 11.1 Å². The first-order valence-electron chi connectivity index (χ1n) is 18.3. The van der Waals surface area contributed by atoms with Gasteiger partial charge < -0.3 is 4.90 Å². The summed E-state index contributed by atoms with van der Waals surface area (Å²) in [5.74, 6) is 0. The lowest BCUT2D eigenvalue weighted by atomic mass is 9.67. The van der Waals surface area contributed by atoms with Crippen LogP contribution in [0.25, 0.3) is 52.8 Å². The minimum atomic E-state index is -0.435. The normalized spacial score (nSPS) is 13.1. The number of para-hydroxylation sites is 1. The summed E-state index contributed by atoms with van der Waals surface area (Å²) in [6, 6.07) is 74.0. The van der Waals surface area contributed by atoms with Gasteiger partial charge in [-0.25, -0.2) is 0 Å². The van der Waals surface area contributed by atoms with Gasteiger partial charge >= 0.3 is 0 Å². The van der Waals surface area contributed by atoms with Crippen LogP contribution in [0.4, 0.5) is 17.1 Å². The molecule has 10 aromatic rings. The molecule has 0 spiro atoms. The van der Waals surface area contributed by atoms with Crippen molar-refractivity contribution in [1.82, 2.24) is 0 Å². The van der Waals surface area contributed by atoms with Gasteiger partial charge in [0.25, 0.3) is 0 Å². The molecule has 0 saturated carbocycles. The second-order valence-corrected chi connectivity index (χ2v) is 15.2. The van der Waals surface area contributed by atoms with Crippen LogP contribution in [0.15, 0.2) is 200 Å². The van der Waals surface area contributed by atoms with Crippen LogP contribution in [-0.2, 0) is 5.41 Å². The summed E-state index contributed by atoms with van der Waals surface area (Å²) >= 11 is 1.86. The van der Waals surface area contributed by atoms with E-state index in [2.05, 4.69) is 205 Å². The molecule has 0 amide bonds. The van der Waals surface area contributed by atoms with E-state index >= 15 is 0 Å². The molecule has 1 heterocycles. The molecule has 0 fully saturated rings. The van der Waals surface area contributed by atoms with Gasteiger partial charge in [-0.3, -0.25) is 0 Å². The second-order valence-electron chi connectivity index (χ2n) is 14.1. The van der Waals surface area contributed by atoms with Crippen molar-refractivity contribution in [3.63, 3.8) is 0 Å². The topological polar surface area (TPSA) is 3.24 Å². The number of thiophene rings is 1. The zero-order valence-corrected chi connectivity index (χ0v) is 29.7. The highest BCUT2D eigenvalue weighted by Gasteiger charge is 2.44. The Hall–Kier alpha value is -6.48. The van der Waals surface area contributed by atoms with Gasteiger partial charge in [0.2, 0.25) is 0 Å². The number of hydrogen-bond acceptors (Lipinski definition) is 2. The van der Waals surface area contributed by atoms with Crippen LogP contribution in [-0.4, -0.2) is 0 Å². The molecule has 1 aromatic heterocycles. The average molecular weight is 692 g/mol. The van der Waals surface area contributed by atoms with Gasteiger partial charge in [-0.2, -0.15) is 0 Å². The Morgan fingerprint density at radius 1 is 0.358 bits per heavy atom. The fourth-order valence-corrected chi connectivity index (χ4v) is 10.2. The molecule has 0 bridgehead atoms. The minimum absolute atomic E-state index is 0.435. The number of benzene rings is 9. The largest absolute Gasteiger partial charge is 0.310 e. The minimum Gasteiger partial charge on any atom is -0.310 e. The number of fused-ring (bicyclic) bond motifs is 3. The third-order valence-electron chi connectivity index (χ3n) is 11.3. The van der Waals surface area contributed by atoms with E-state index in [0.29, 0.717) is 0 Å². The molecule has 0 N–H and O–H groups in total. The van der Waals surface area contributed by atoms with Crippen molar-refractivity contribution in [2.75, 3.05) is 4.90 Å². The van der Waals surface area contributed by atoms with Crippen molar-refractivity contribution in [2.45, 2.75) is 5.41 Å². The zero-order chi connectivity index (χ0) is 34.9. The highest BCUT2D eigenvalue weighted by molar-refractivity contribution is 7.25. The van der Waals surface area contributed by atoms with E-state index < -0.39 is 5.41 Å². The fourth-order valence-electron chi connectivity index (χ4n) is 9.02. The van der Waals surface area contributed by atoms with Gasteiger partial charge in [0.1, 0.15) is 0 Å². The third-order valence-corrected chi connectivity index (χ3v) is 12.4. The molecule has 2 heteroatoms. The Bertz CT molecular complexity index is 2930. The van der Waals surface area contributed by atoms with Crippen LogP contribution in [0.1, 0.15) is 22.3 Å². The molecule has 11 rings (SSSR count). The first kappa shape index (κ1) is 30.2. The van der Waals surface area contributed by atoms with Crippen LogP contribution in [0.3, 0.4) is 0 Å². The first-order valence-corrected chi connectivity index (χ1v) is 19.1. The predicted octanol–water partition coefficient (Wildman–Crippen LogP) is 14.2. The Labute approximate surface area is 312 Å². The molecule has 0 unspecified atom stereocenters. The quantitative estimate of drug-likeness (QED) is 0.157. The SMILES string of the molecule is c1ccc(N(c2ccc(-c3cccc(C4(c5ccccc5)c5cccc6ccc7cccc4c7c56)c3)cc2)c2ccc3c(c2)sc2ccccc23)cc1. The molecule has 0 aliphatic heterocycles. The maximum Gasteiger partial charge on any atom is 0.0714 e. The van der Waals surface area contributed by atoms with Gasteiger partial charge in [-0.1, -0.05) is 152 Å². The van der Waals surface area contributed by atoms with Gasteiger partial charge in [-0.05, 0) is 103 Å². The van der Waals surface area contributed by atoms with Gasteiger partial charge in [0.05, 0.1) is 5.41 Å². The maximum atomic E-state index is 2.43. The molecule has 0 saturated heterocycles. The van der Waals surface area contributed by atoms with E-state index in [4.69, 9.17) is 0 Å². The predicted molar refractivity (Wildman–Crippen MR) is 226 cm³/mol. The maximum absolute atomic E-state index is 2.43. The van der Waals surface area contributed by atoms with Gasteiger partial charge in [0, 0.05) is 37.2 Å². The number of nitrogens with zero attached hydrogens (tertiary/aromatic N) is 1. The standard InChI is InChI=1S/C51H33NS/c1-3-15-38(16-4-1)51(45-21-10-12-35-24-25-36-13-11-22-46(51)50(36)49(35)45)39-17-9-14-37(32-39)34-26-28-41(29-27-34)52(40-18-5-2-6-19-40)42-30-31-44-43-20-7-8-23-47(43)53-48(44)33-42/h1-33H. The van der Waals surface area contributed by atoms with Crippen LogP contribution in [0.2, 0.25) is 0 Å². The molecule has 1 nitrogen and oxygen atoms in total. The first-order chi connectivity index (χ1) is 26.3. The van der Waals surface area contributed by atoms with Crippen molar-refractivity contribution in [3.05, 3.63) is 222 Å². The van der Waals surface area contributed by atoms with Crippen molar-refractivity contribution >= 4 is 70.1 Å². The summed E-state index contributed by atoms with van der Waals surface area (Å²) in [5, 5.41) is 7.95. The second kappa shape index (κ2) is 11.8. The van der Waals surface area contributed by atoms with Crippen LogP contribution in [0, 0.1) is 0 Å². The summed E-state index contributed by atoms with van der Waals surface area (Å²) in [5.41, 5.74) is 10.7. The molecule has 1 aliphatic rings. The summed E-state index contributed by atoms with van der Waals surface area (Å²) in [4.78, 5) is 2.37. The van der Waals surface area contributed by atoms with Gasteiger partial charge in [-0.15, -0.1) is 11.3 Å². The Balaban J connectivity index is 1.04. The van der Waals surface area contributed by atoms with Crippen LogP contribution < -0.4 is 4.90 Å². The van der Waals surface area contributed by atoms with E-state index in [0.717, 1.165) is 17.1 Å². The van der Waals surface area contributed by atoms with Crippen molar-refractivity contribution in [2.24, 2.45) is 0 Å². The Morgan fingerprint density at radius 3 is 1.68 bits per heavy atom. The number of anilines is 3. The van der Waals surface area contributed by atoms with Crippen molar-refractivity contribution in [1.29, 1.82) is 0 Å². The number of rotatable bonds is 6. The van der Waals surface area contributed by atoms with E-state index in [1.807, 2.05) is 11.3 Å². The molecule has 0 atom stereocenters. The monoisotopic (exact) mass is 691 g/mol. The molecular formula is C51H33NS. The fraction of sp³-hybridized carbons (Fsp3) is 0.0196. The summed E-state index contributed by atoms with van der Waals surface area (Å²) < 4.78 is 2.62. The average Bonchev–Trinajstić information content (AvgIpc) is 3.76. The molecule has 0 radical (unpaired) electrons. The van der Waals surface area contributed by atoms with E-state index in [-0.39, 0.29) is 0 Å². The summed E-state index contributed by atoms with van der Waals surface area (Å²) in [6.07, 6.45) is 0. The summed E-state index contributed by atoms with van der Waals surface area (Å²) in [7, 11) is 0. The highest BCUT2D eigenvalue weighted by Crippen LogP contribution is 2.56. The molecule has 248 valence electrons. The van der Waals surface area contributed by atoms with E-state index in [1.54, 1.807) is 0 Å². The Kier molecular flexibility index (Phi) is 6.71. The lowest BCUT2D eigenvalue weighted by Gasteiger charge is -2.34. The van der Waals surface area contributed by atoms with Crippen LogP contribution >= 0.6 is 11.3 Å². The molecule has 53 heavy (non-hydrogen) atoms. The van der Waals surface area contributed by atoms with E-state index in [9.17, 15) is 0 Å². The van der Waals surface area contributed by atoms with Crippen molar-refractivity contribution < 1.29 is 0 Å². The highest BCUT2D eigenvalue weighted by atomic mass is 32.1. The van der Waals surface area contributed by atoms with E-state index in [1.165, 1.54) is 75.1 Å². The summed E-state index contributed by atoms with van der Waals surface area (Å²) in [6.45, 7) is 0.